The third-order valence-corrected chi connectivity index (χ3v) is 4.05. The summed E-state index contributed by atoms with van der Waals surface area (Å²) in [6.45, 7) is 0. The van der Waals surface area contributed by atoms with Crippen molar-refractivity contribution in [3.63, 3.8) is 0 Å². The lowest BCUT2D eigenvalue weighted by Gasteiger charge is -2.12. The molecule has 0 radical (unpaired) electrons. The standard InChI is InChI=1S/C21H16O5/c1-26-20-16(11-12-17(22)18(20)21(24)25)19(23)15-9-7-14(8-10-15)13-5-3-2-4-6-13/h2-12,22H,1H3,(H,24,25). The summed E-state index contributed by atoms with van der Waals surface area (Å²) in [6.07, 6.45) is 0. The third-order valence-electron chi connectivity index (χ3n) is 4.05. The zero-order valence-electron chi connectivity index (χ0n) is 14.0. The quantitative estimate of drug-likeness (QED) is 0.681. The maximum Gasteiger partial charge on any atom is 0.343 e. The number of carbonyl (C=O) groups excluding carboxylic acids is 1. The molecule has 0 spiro atoms. The number of methoxy groups -OCH3 is 1. The topological polar surface area (TPSA) is 83.8 Å². The van der Waals surface area contributed by atoms with Crippen LogP contribution in [0.4, 0.5) is 0 Å². The highest BCUT2D eigenvalue weighted by atomic mass is 16.5. The fraction of sp³-hybridized carbons (Fsp3) is 0.0476. The number of rotatable bonds is 5. The van der Waals surface area contributed by atoms with Gasteiger partial charge < -0.3 is 14.9 Å². The van der Waals surface area contributed by atoms with Gasteiger partial charge in [0, 0.05) is 5.56 Å². The first-order chi connectivity index (χ1) is 12.5. The average molecular weight is 348 g/mol. The molecule has 2 N–H and O–H groups in total. The summed E-state index contributed by atoms with van der Waals surface area (Å²) in [5.74, 6) is -2.36. The molecule has 0 aliphatic heterocycles. The molecule has 3 aromatic carbocycles. The van der Waals surface area contributed by atoms with Gasteiger partial charge in [-0.1, -0.05) is 54.6 Å². The predicted molar refractivity (Wildman–Crippen MR) is 96.9 cm³/mol. The van der Waals surface area contributed by atoms with Gasteiger partial charge in [-0.3, -0.25) is 4.79 Å². The molecule has 0 atom stereocenters. The maximum atomic E-state index is 12.8. The van der Waals surface area contributed by atoms with Crippen LogP contribution in [0.25, 0.3) is 11.1 Å². The van der Waals surface area contributed by atoms with Gasteiger partial charge in [0.15, 0.2) is 5.78 Å². The van der Waals surface area contributed by atoms with Crippen molar-refractivity contribution in [3.05, 3.63) is 83.4 Å². The maximum absolute atomic E-state index is 12.8. The summed E-state index contributed by atoms with van der Waals surface area (Å²) < 4.78 is 5.09. The van der Waals surface area contributed by atoms with Crippen molar-refractivity contribution in [2.45, 2.75) is 0 Å². The van der Waals surface area contributed by atoms with Crippen LogP contribution in [0, 0.1) is 0 Å². The number of benzene rings is 3. The van der Waals surface area contributed by atoms with Gasteiger partial charge in [-0.25, -0.2) is 4.79 Å². The van der Waals surface area contributed by atoms with Crippen LogP contribution >= 0.6 is 0 Å². The van der Waals surface area contributed by atoms with Crippen molar-refractivity contribution in [1.82, 2.24) is 0 Å². The van der Waals surface area contributed by atoms with Gasteiger partial charge in [0.05, 0.1) is 12.7 Å². The Kier molecular flexibility index (Phi) is 4.71. The molecule has 0 saturated heterocycles. The molecule has 0 fully saturated rings. The Morgan fingerprint density at radius 1 is 0.846 bits per heavy atom. The summed E-state index contributed by atoms with van der Waals surface area (Å²) in [5.41, 5.74) is 2.03. The SMILES string of the molecule is COc1c(C(=O)c2ccc(-c3ccccc3)cc2)ccc(O)c1C(=O)O. The van der Waals surface area contributed by atoms with E-state index in [0.29, 0.717) is 5.56 Å². The summed E-state index contributed by atoms with van der Waals surface area (Å²) in [6, 6.07) is 19.3. The molecule has 130 valence electrons. The zero-order chi connectivity index (χ0) is 18.7. The third kappa shape index (κ3) is 3.15. The van der Waals surface area contributed by atoms with Crippen LogP contribution in [-0.4, -0.2) is 29.1 Å². The van der Waals surface area contributed by atoms with Crippen molar-refractivity contribution in [1.29, 1.82) is 0 Å². The number of carboxylic acids is 1. The van der Waals surface area contributed by atoms with E-state index >= 15 is 0 Å². The molecule has 0 aliphatic carbocycles. The lowest BCUT2D eigenvalue weighted by Crippen LogP contribution is -2.09. The molecular formula is C21H16O5. The van der Waals surface area contributed by atoms with Crippen LogP contribution in [0.2, 0.25) is 0 Å². The highest BCUT2D eigenvalue weighted by molar-refractivity contribution is 6.13. The van der Waals surface area contributed by atoms with Gasteiger partial charge in [0.25, 0.3) is 0 Å². The van der Waals surface area contributed by atoms with Crippen LogP contribution in [0.15, 0.2) is 66.7 Å². The number of aromatic hydroxyl groups is 1. The van der Waals surface area contributed by atoms with E-state index in [9.17, 15) is 19.8 Å². The Bertz CT molecular complexity index is 960. The minimum atomic E-state index is -1.37. The van der Waals surface area contributed by atoms with Gasteiger partial charge in [-0.15, -0.1) is 0 Å². The summed E-state index contributed by atoms with van der Waals surface area (Å²) in [7, 11) is 1.26. The first-order valence-corrected chi connectivity index (χ1v) is 7.86. The monoisotopic (exact) mass is 348 g/mol. The van der Waals surface area contributed by atoms with Crippen LogP contribution in [0.5, 0.6) is 11.5 Å². The first kappa shape index (κ1) is 17.2. The number of ether oxygens (including phenoxy) is 1. The predicted octanol–water partition coefficient (Wildman–Crippen LogP) is 4.00. The molecule has 0 amide bonds. The Morgan fingerprint density at radius 2 is 1.46 bits per heavy atom. The second-order valence-electron chi connectivity index (χ2n) is 5.62. The molecule has 26 heavy (non-hydrogen) atoms. The number of carbonyl (C=O) groups is 2. The van der Waals surface area contributed by atoms with Crippen molar-refractivity contribution in [3.8, 4) is 22.6 Å². The lowest BCUT2D eigenvalue weighted by atomic mass is 9.97. The van der Waals surface area contributed by atoms with E-state index in [4.69, 9.17) is 4.74 Å². The van der Waals surface area contributed by atoms with Gasteiger partial charge in [-0.2, -0.15) is 0 Å². The molecule has 3 rings (SSSR count). The van der Waals surface area contributed by atoms with Crippen LogP contribution < -0.4 is 4.74 Å². The van der Waals surface area contributed by atoms with Gasteiger partial charge >= 0.3 is 5.97 Å². The highest BCUT2D eigenvalue weighted by Crippen LogP contribution is 2.33. The molecule has 0 aromatic heterocycles. The fourth-order valence-corrected chi connectivity index (χ4v) is 2.77. The summed E-state index contributed by atoms with van der Waals surface area (Å²) in [4.78, 5) is 24.2. The number of hydrogen-bond donors (Lipinski definition) is 2. The largest absolute Gasteiger partial charge is 0.507 e. The second kappa shape index (κ2) is 7.11. The van der Waals surface area contributed by atoms with Crippen molar-refractivity contribution >= 4 is 11.8 Å². The molecule has 0 bridgehead atoms. The number of ketones is 1. The zero-order valence-corrected chi connectivity index (χ0v) is 14.0. The average Bonchev–Trinajstić information content (AvgIpc) is 2.67. The Hall–Kier alpha value is -3.60. The van der Waals surface area contributed by atoms with Gasteiger partial charge in [-0.05, 0) is 23.3 Å². The molecule has 5 heteroatoms. The normalized spacial score (nSPS) is 10.3. The molecule has 0 heterocycles. The number of aromatic carboxylic acids is 1. The van der Waals surface area contributed by atoms with Crippen LogP contribution in [0.3, 0.4) is 0 Å². The molecule has 0 unspecified atom stereocenters. The van der Waals surface area contributed by atoms with Gasteiger partial charge in [0.2, 0.25) is 0 Å². The fourth-order valence-electron chi connectivity index (χ4n) is 2.77. The highest BCUT2D eigenvalue weighted by Gasteiger charge is 2.24. The van der Waals surface area contributed by atoms with E-state index in [-0.39, 0.29) is 17.1 Å². The summed E-state index contributed by atoms with van der Waals surface area (Å²) in [5, 5.41) is 19.0. The van der Waals surface area contributed by atoms with E-state index in [0.717, 1.165) is 11.1 Å². The number of carboxylic acid groups (broad SMARTS) is 1. The van der Waals surface area contributed by atoms with Crippen molar-refractivity contribution in [2.24, 2.45) is 0 Å². The minimum Gasteiger partial charge on any atom is -0.507 e. The van der Waals surface area contributed by atoms with E-state index in [2.05, 4.69) is 0 Å². The van der Waals surface area contributed by atoms with Crippen molar-refractivity contribution in [2.75, 3.05) is 7.11 Å². The second-order valence-corrected chi connectivity index (χ2v) is 5.62. The van der Waals surface area contributed by atoms with Crippen LogP contribution in [0.1, 0.15) is 26.3 Å². The summed E-state index contributed by atoms with van der Waals surface area (Å²) >= 11 is 0. The van der Waals surface area contributed by atoms with Gasteiger partial charge in [0.1, 0.15) is 17.1 Å². The van der Waals surface area contributed by atoms with Crippen LogP contribution in [-0.2, 0) is 0 Å². The number of phenols is 1. The Balaban J connectivity index is 2.00. The number of hydrogen-bond acceptors (Lipinski definition) is 4. The lowest BCUT2D eigenvalue weighted by molar-refractivity contribution is 0.0690. The minimum absolute atomic E-state index is 0.0789. The van der Waals surface area contributed by atoms with E-state index < -0.39 is 17.3 Å². The van der Waals surface area contributed by atoms with E-state index in [1.54, 1.807) is 12.1 Å². The smallest absolute Gasteiger partial charge is 0.343 e. The van der Waals surface area contributed by atoms with E-state index in [1.165, 1.54) is 19.2 Å². The van der Waals surface area contributed by atoms with E-state index in [1.807, 2.05) is 42.5 Å². The van der Waals surface area contributed by atoms with Crippen molar-refractivity contribution < 1.29 is 24.5 Å². The molecule has 5 nitrogen and oxygen atoms in total. The first-order valence-electron chi connectivity index (χ1n) is 7.86. The molecule has 0 aliphatic rings. The Labute approximate surface area is 150 Å². The molecule has 0 saturated carbocycles. The molecule has 3 aromatic rings. The Morgan fingerprint density at radius 3 is 2.04 bits per heavy atom. The molecular weight excluding hydrogens is 332 g/mol.